The predicted molar refractivity (Wildman–Crippen MR) is 88.2 cm³/mol. The Hall–Kier alpha value is -2.19. The molecule has 22 heavy (non-hydrogen) atoms. The van der Waals surface area contributed by atoms with E-state index < -0.39 is 0 Å². The van der Waals surface area contributed by atoms with Gasteiger partial charge in [-0.05, 0) is 12.1 Å². The summed E-state index contributed by atoms with van der Waals surface area (Å²) in [5.74, 6) is 0.378. The fourth-order valence-electron chi connectivity index (χ4n) is 1.94. The van der Waals surface area contributed by atoms with Crippen molar-refractivity contribution < 1.29 is 14.3 Å². The normalized spacial score (nSPS) is 15.3. The molecule has 0 atom stereocenters. The topological polar surface area (TPSA) is 89.2 Å². The lowest BCUT2D eigenvalue weighted by Crippen LogP contribution is -2.47. The second kappa shape index (κ2) is 7.71. The summed E-state index contributed by atoms with van der Waals surface area (Å²) >= 11 is 4.93. The first-order valence-electron chi connectivity index (χ1n) is 6.76. The largest absolute Gasteiger partial charge is 0.497 e. The Morgan fingerprint density at radius 2 is 2.18 bits per heavy atom. The molecular formula is C14H18N4O3S. The van der Waals surface area contributed by atoms with E-state index in [9.17, 15) is 4.79 Å². The summed E-state index contributed by atoms with van der Waals surface area (Å²) in [6.45, 7) is 2.00. The maximum Gasteiger partial charge on any atom is 0.277 e. The van der Waals surface area contributed by atoms with Gasteiger partial charge in [-0.1, -0.05) is 18.3 Å². The van der Waals surface area contributed by atoms with Crippen molar-refractivity contribution in [2.24, 2.45) is 10.8 Å². The molecule has 0 unspecified atom stereocenters. The molecule has 3 N–H and O–H groups in total. The second-order valence-corrected chi connectivity index (χ2v) is 5.01. The van der Waals surface area contributed by atoms with E-state index in [1.54, 1.807) is 30.2 Å². The summed E-state index contributed by atoms with van der Waals surface area (Å²) in [7, 11) is 1.57. The summed E-state index contributed by atoms with van der Waals surface area (Å²) in [6, 6.07) is 7.16. The minimum absolute atomic E-state index is 0.0275. The number of anilines is 1. The molecule has 8 heteroatoms. The number of hydrogen-bond donors (Lipinski definition) is 2. The lowest BCUT2D eigenvalue weighted by atomic mass is 10.3. The number of ether oxygens (including phenoxy) is 2. The number of carbonyl (C=O) groups is 1. The Labute approximate surface area is 134 Å². The van der Waals surface area contributed by atoms with Crippen LogP contribution in [0.3, 0.4) is 0 Å². The van der Waals surface area contributed by atoms with Gasteiger partial charge in [-0.2, -0.15) is 5.10 Å². The predicted octanol–water partition coefficient (Wildman–Crippen LogP) is 0.608. The standard InChI is InChI=1S/C14H18N4O3S/c1-20-11-4-2-3-10(9-11)16-17-12(13(15)22)14(19)18-5-7-21-8-6-18/h2-4,9,16H,5-8H2,1H3,(H2,15,22)/b17-12-. The molecule has 1 aromatic carbocycles. The zero-order valence-corrected chi connectivity index (χ0v) is 13.1. The molecule has 0 aliphatic carbocycles. The third-order valence-corrected chi connectivity index (χ3v) is 3.29. The van der Waals surface area contributed by atoms with E-state index in [4.69, 9.17) is 27.4 Å². The Morgan fingerprint density at radius 3 is 2.82 bits per heavy atom. The second-order valence-electron chi connectivity index (χ2n) is 4.57. The van der Waals surface area contributed by atoms with E-state index in [0.29, 0.717) is 37.7 Å². The molecule has 0 radical (unpaired) electrons. The summed E-state index contributed by atoms with van der Waals surface area (Å²) in [5, 5.41) is 4.06. The first kappa shape index (κ1) is 16.2. The van der Waals surface area contributed by atoms with Crippen molar-refractivity contribution in [2.75, 3.05) is 38.8 Å². The maximum absolute atomic E-state index is 12.4. The molecule has 1 fully saturated rings. The molecule has 7 nitrogen and oxygen atoms in total. The van der Waals surface area contributed by atoms with Gasteiger partial charge in [-0.25, -0.2) is 0 Å². The van der Waals surface area contributed by atoms with Crippen molar-refractivity contribution in [1.29, 1.82) is 0 Å². The van der Waals surface area contributed by atoms with Crippen LogP contribution in [0.5, 0.6) is 5.75 Å². The van der Waals surface area contributed by atoms with Crippen molar-refractivity contribution in [2.45, 2.75) is 0 Å². The Kier molecular flexibility index (Phi) is 5.68. The van der Waals surface area contributed by atoms with Gasteiger partial charge in [0, 0.05) is 19.2 Å². The Morgan fingerprint density at radius 1 is 1.45 bits per heavy atom. The van der Waals surface area contributed by atoms with Gasteiger partial charge in [0.05, 0.1) is 26.0 Å². The first-order chi connectivity index (χ1) is 10.6. The van der Waals surface area contributed by atoms with E-state index >= 15 is 0 Å². The minimum atomic E-state index is -0.300. The fraction of sp³-hybridized carbons (Fsp3) is 0.357. The molecule has 1 heterocycles. The van der Waals surface area contributed by atoms with Crippen LogP contribution in [0.15, 0.2) is 29.4 Å². The van der Waals surface area contributed by atoms with Gasteiger partial charge in [0.15, 0.2) is 5.71 Å². The molecule has 1 saturated heterocycles. The minimum Gasteiger partial charge on any atom is -0.497 e. The third kappa shape index (κ3) is 4.15. The highest BCUT2D eigenvalue weighted by molar-refractivity contribution is 7.82. The van der Waals surface area contributed by atoms with Crippen LogP contribution in [-0.4, -0.2) is 54.9 Å². The van der Waals surface area contributed by atoms with Crippen LogP contribution in [0, 0.1) is 0 Å². The smallest absolute Gasteiger partial charge is 0.277 e. The monoisotopic (exact) mass is 322 g/mol. The van der Waals surface area contributed by atoms with Crippen molar-refractivity contribution in [3.8, 4) is 5.75 Å². The lowest BCUT2D eigenvalue weighted by Gasteiger charge is -2.26. The van der Waals surface area contributed by atoms with E-state index in [0.717, 1.165) is 0 Å². The average Bonchev–Trinajstić information content (AvgIpc) is 2.55. The average molecular weight is 322 g/mol. The summed E-state index contributed by atoms with van der Waals surface area (Å²) < 4.78 is 10.3. The first-order valence-corrected chi connectivity index (χ1v) is 7.17. The van der Waals surface area contributed by atoms with Crippen LogP contribution in [0.25, 0.3) is 0 Å². The van der Waals surface area contributed by atoms with Crippen LogP contribution in [-0.2, 0) is 9.53 Å². The molecule has 2 rings (SSSR count). The highest BCUT2D eigenvalue weighted by Crippen LogP contribution is 2.16. The van der Waals surface area contributed by atoms with Crippen LogP contribution >= 0.6 is 12.2 Å². The van der Waals surface area contributed by atoms with E-state index in [1.807, 2.05) is 6.07 Å². The van der Waals surface area contributed by atoms with Crippen molar-refractivity contribution >= 4 is 34.5 Å². The number of nitrogens with one attached hydrogen (secondary N) is 1. The zero-order valence-electron chi connectivity index (χ0n) is 12.2. The Balaban J connectivity index is 2.12. The third-order valence-electron chi connectivity index (χ3n) is 3.10. The number of hydrazone groups is 1. The summed E-state index contributed by atoms with van der Waals surface area (Å²) in [4.78, 5) is 14.0. The molecular weight excluding hydrogens is 304 g/mol. The Bertz CT molecular complexity index is 585. The summed E-state index contributed by atoms with van der Waals surface area (Å²) in [6.07, 6.45) is 0. The molecule has 1 amide bonds. The number of morpholine rings is 1. The number of hydrogen-bond acceptors (Lipinski definition) is 6. The molecule has 1 aromatic rings. The van der Waals surface area contributed by atoms with Crippen LogP contribution in [0.2, 0.25) is 0 Å². The van der Waals surface area contributed by atoms with Gasteiger partial charge in [-0.15, -0.1) is 0 Å². The highest BCUT2D eigenvalue weighted by Gasteiger charge is 2.23. The molecule has 0 bridgehead atoms. The van der Waals surface area contributed by atoms with E-state index in [2.05, 4.69) is 10.5 Å². The SMILES string of the molecule is COc1cccc(N/N=C(\C(=O)N2CCOCC2)C(N)=S)c1. The number of rotatable bonds is 5. The fourth-order valence-corrected chi connectivity index (χ4v) is 2.07. The van der Waals surface area contributed by atoms with Gasteiger partial charge in [-0.3, -0.25) is 10.2 Å². The van der Waals surface area contributed by atoms with Crippen LogP contribution in [0.4, 0.5) is 5.69 Å². The van der Waals surface area contributed by atoms with Gasteiger partial charge in [0.25, 0.3) is 5.91 Å². The van der Waals surface area contributed by atoms with E-state index in [-0.39, 0.29) is 16.6 Å². The number of nitrogens with zero attached hydrogens (tertiary/aromatic N) is 2. The molecule has 118 valence electrons. The van der Waals surface area contributed by atoms with Crippen molar-refractivity contribution in [1.82, 2.24) is 4.90 Å². The molecule has 0 saturated carbocycles. The number of nitrogens with two attached hydrogens (primary N) is 1. The molecule has 1 aliphatic rings. The van der Waals surface area contributed by atoms with Gasteiger partial charge >= 0.3 is 0 Å². The molecule has 0 spiro atoms. The number of carbonyl (C=O) groups excluding carboxylic acids is 1. The quantitative estimate of drug-likeness (QED) is 0.469. The van der Waals surface area contributed by atoms with Crippen molar-refractivity contribution in [3.63, 3.8) is 0 Å². The van der Waals surface area contributed by atoms with Gasteiger partial charge < -0.3 is 20.1 Å². The van der Waals surface area contributed by atoms with E-state index in [1.165, 1.54) is 0 Å². The number of amides is 1. The molecule has 1 aliphatic heterocycles. The van der Waals surface area contributed by atoms with Crippen molar-refractivity contribution in [3.05, 3.63) is 24.3 Å². The number of methoxy groups -OCH3 is 1. The van der Waals surface area contributed by atoms with Gasteiger partial charge in [0.2, 0.25) is 0 Å². The highest BCUT2D eigenvalue weighted by atomic mass is 32.1. The summed E-state index contributed by atoms with van der Waals surface area (Å²) in [5.41, 5.74) is 9.10. The van der Waals surface area contributed by atoms with Gasteiger partial charge in [0.1, 0.15) is 10.7 Å². The molecule has 0 aromatic heterocycles. The number of thiocarbonyl (C=S) groups is 1. The van der Waals surface area contributed by atoms with Crippen LogP contribution in [0.1, 0.15) is 0 Å². The van der Waals surface area contributed by atoms with Crippen LogP contribution < -0.4 is 15.9 Å². The number of benzene rings is 1. The maximum atomic E-state index is 12.4. The lowest BCUT2D eigenvalue weighted by molar-refractivity contribution is -0.127. The zero-order chi connectivity index (χ0) is 15.9.